The van der Waals surface area contributed by atoms with E-state index in [1.54, 1.807) is 6.07 Å². The zero-order valence-electron chi connectivity index (χ0n) is 10.2. The van der Waals surface area contributed by atoms with Crippen molar-refractivity contribution in [3.8, 4) is 33.3 Å². The molecule has 3 aromatic rings. The summed E-state index contributed by atoms with van der Waals surface area (Å²) in [4.78, 5) is 4.53. The molecule has 0 fully saturated rings. The number of halogens is 1. The average Bonchev–Trinajstić information content (AvgIpc) is 2.92. The smallest absolute Gasteiger partial charge is 0.158 e. The number of aromatic hydroxyl groups is 2. The van der Waals surface area contributed by atoms with Crippen LogP contribution in [0.4, 0.5) is 0 Å². The van der Waals surface area contributed by atoms with E-state index in [1.165, 1.54) is 23.5 Å². The van der Waals surface area contributed by atoms with Crippen LogP contribution in [0, 0.1) is 0 Å². The molecule has 2 N–H and O–H groups in total. The molecule has 1 aromatic heterocycles. The molecule has 3 nitrogen and oxygen atoms in total. The van der Waals surface area contributed by atoms with E-state index in [1.807, 2.05) is 29.6 Å². The summed E-state index contributed by atoms with van der Waals surface area (Å²) >= 11 is 7.44. The van der Waals surface area contributed by atoms with E-state index in [0.29, 0.717) is 5.02 Å². The van der Waals surface area contributed by atoms with Gasteiger partial charge in [0.25, 0.3) is 0 Å². The van der Waals surface area contributed by atoms with Crippen LogP contribution in [0.1, 0.15) is 0 Å². The van der Waals surface area contributed by atoms with Gasteiger partial charge in [-0.3, -0.25) is 0 Å². The van der Waals surface area contributed by atoms with Gasteiger partial charge in [0.15, 0.2) is 11.5 Å². The first-order chi connectivity index (χ1) is 9.63. The van der Waals surface area contributed by atoms with Crippen LogP contribution in [-0.4, -0.2) is 15.2 Å². The summed E-state index contributed by atoms with van der Waals surface area (Å²) in [6.45, 7) is 0. The monoisotopic (exact) mass is 303 g/mol. The molecule has 0 aliphatic rings. The number of rotatable bonds is 2. The van der Waals surface area contributed by atoms with Crippen molar-refractivity contribution in [1.82, 2.24) is 4.98 Å². The maximum absolute atomic E-state index is 9.53. The molecular formula is C15H10ClNO2S. The van der Waals surface area contributed by atoms with Gasteiger partial charge in [0.2, 0.25) is 0 Å². The molecule has 0 saturated carbocycles. The van der Waals surface area contributed by atoms with Gasteiger partial charge in [-0.05, 0) is 30.3 Å². The Morgan fingerprint density at radius 3 is 2.55 bits per heavy atom. The first-order valence-electron chi connectivity index (χ1n) is 5.87. The van der Waals surface area contributed by atoms with Crippen LogP contribution in [-0.2, 0) is 0 Å². The fraction of sp³-hybridized carbons (Fsp3) is 0. The number of phenols is 2. The lowest BCUT2D eigenvalue weighted by Gasteiger charge is -2.00. The third-order valence-electron chi connectivity index (χ3n) is 2.85. The van der Waals surface area contributed by atoms with Gasteiger partial charge in [0.05, 0.1) is 5.69 Å². The molecule has 0 aliphatic heterocycles. The Hall–Kier alpha value is -2.04. The molecular weight excluding hydrogens is 294 g/mol. The van der Waals surface area contributed by atoms with Crippen LogP contribution in [0.25, 0.3) is 21.8 Å². The highest BCUT2D eigenvalue weighted by atomic mass is 35.5. The summed E-state index contributed by atoms with van der Waals surface area (Å²) in [7, 11) is 0. The first-order valence-corrected chi connectivity index (χ1v) is 7.13. The molecule has 0 saturated heterocycles. The van der Waals surface area contributed by atoms with Gasteiger partial charge in [-0.25, -0.2) is 4.98 Å². The number of thiazole rings is 1. The number of benzene rings is 2. The third kappa shape index (κ3) is 2.48. The molecule has 2 aromatic carbocycles. The van der Waals surface area contributed by atoms with Crippen molar-refractivity contribution < 1.29 is 10.2 Å². The Bertz CT molecular complexity index is 770. The van der Waals surface area contributed by atoms with E-state index >= 15 is 0 Å². The molecule has 0 bridgehead atoms. The van der Waals surface area contributed by atoms with Gasteiger partial charge in [0.1, 0.15) is 5.01 Å². The largest absolute Gasteiger partial charge is 0.504 e. The fourth-order valence-corrected chi connectivity index (χ4v) is 2.86. The maximum atomic E-state index is 9.53. The Balaban J connectivity index is 1.99. The van der Waals surface area contributed by atoms with E-state index in [-0.39, 0.29) is 11.5 Å². The van der Waals surface area contributed by atoms with Crippen molar-refractivity contribution in [3.05, 3.63) is 52.9 Å². The second-order valence-corrected chi connectivity index (χ2v) is 5.55. The molecule has 0 atom stereocenters. The second-order valence-electron chi connectivity index (χ2n) is 4.25. The van der Waals surface area contributed by atoms with Gasteiger partial charge < -0.3 is 10.2 Å². The fourth-order valence-electron chi connectivity index (χ4n) is 1.84. The van der Waals surface area contributed by atoms with Gasteiger partial charge in [-0.2, -0.15) is 0 Å². The lowest BCUT2D eigenvalue weighted by Crippen LogP contribution is -1.80. The molecule has 1 heterocycles. The summed E-state index contributed by atoms with van der Waals surface area (Å²) in [6.07, 6.45) is 0. The zero-order valence-corrected chi connectivity index (χ0v) is 11.8. The minimum atomic E-state index is -0.151. The number of aromatic nitrogens is 1. The lowest BCUT2D eigenvalue weighted by molar-refractivity contribution is 0.404. The van der Waals surface area contributed by atoms with Crippen molar-refractivity contribution in [2.75, 3.05) is 0 Å². The Morgan fingerprint density at radius 2 is 1.80 bits per heavy atom. The van der Waals surface area contributed by atoms with Gasteiger partial charge in [-0.15, -0.1) is 11.3 Å². The highest BCUT2D eigenvalue weighted by molar-refractivity contribution is 7.13. The van der Waals surface area contributed by atoms with E-state index in [0.717, 1.165) is 21.8 Å². The molecule has 100 valence electrons. The Labute approximate surface area is 124 Å². The van der Waals surface area contributed by atoms with Crippen molar-refractivity contribution in [2.45, 2.75) is 0 Å². The van der Waals surface area contributed by atoms with Crippen LogP contribution < -0.4 is 0 Å². The van der Waals surface area contributed by atoms with Crippen LogP contribution in [0.15, 0.2) is 47.8 Å². The molecule has 5 heteroatoms. The Morgan fingerprint density at radius 1 is 0.950 bits per heavy atom. The highest BCUT2D eigenvalue weighted by Crippen LogP contribution is 2.34. The normalized spacial score (nSPS) is 10.7. The molecule has 20 heavy (non-hydrogen) atoms. The molecule has 0 radical (unpaired) electrons. The van der Waals surface area contributed by atoms with Crippen molar-refractivity contribution in [1.29, 1.82) is 0 Å². The minimum Gasteiger partial charge on any atom is -0.504 e. The predicted octanol–water partition coefficient (Wildman–Crippen LogP) is 4.54. The summed E-state index contributed by atoms with van der Waals surface area (Å²) in [6, 6.07) is 12.2. The highest BCUT2D eigenvalue weighted by Gasteiger charge is 2.09. The standard InChI is InChI=1S/C15H10ClNO2S/c16-11-3-1-2-9(6-11)12-8-20-15(17-12)10-4-5-13(18)14(19)7-10/h1-8,18-19H. The van der Waals surface area contributed by atoms with E-state index in [9.17, 15) is 10.2 Å². The molecule has 0 spiro atoms. The van der Waals surface area contributed by atoms with Gasteiger partial charge >= 0.3 is 0 Å². The molecule has 0 amide bonds. The quantitative estimate of drug-likeness (QED) is 0.683. The number of phenolic OH excluding ortho intramolecular Hbond substituents is 2. The second kappa shape index (κ2) is 5.15. The average molecular weight is 304 g/mol. The number of hydrogen-bond donors (Lipinski definition) is 2. The SMILES string of the molecule is Oc1ccc(-c2nc(-c3cccc(Cl)c3)cs2)cc1O. The van der Waals surface area contributed by atoms with E-state index < -0.39 is 0 Å². The minimum absolute atomic E-state index is 0.139. The Kier molecular flexibility index (Phi) is 3.34. The van der Waals surface area contributed by atoms with Crippen molar-refractivity contribution in [3.63, 3.8) is 0 Å². The summed E-state index contributed by atoms with van der Waals surface area (Å²) in [5.41, 5.74) is 2.54. The predicted molar refractivity (Wildman–Crippen MR) is 81.3 cm³/mol. The molecule has 0 unspecified atom stereocenters. The third-order valence-corrected chi connectivity index (χ3v) is 3.97. The van der Waals surface area contributed by atoms with Crippen LogP contribution in [0.2, 0.25) is 5.02 Å². The summed E-state index contributed by atoms with van der Waals surface area (Å²) in [5.74, 6) is -0.289. The summed E-state index contributed by atoms with van der Waals surface area (Å²) < 4.78 is 0. The van der Waals surface area contributed by atoms with E-state index in [4.69, 9.17) is 11.6 Å². The van der Waals surface area contributed by atoms with E-state index in [2.05, 4.69) is 4.98 Å². The van der Waals surface area contributed by atoms with Crippen LogP contribution in [0.5, 0.6) is 11.5 Å². The van der Waals surface area contributed by atoms with Crippen LogP contribution in [0.3, 0.4) is 0 Å². The number of hydrogen-bond acceptors (Lipinski definition) is 4. The van der Waals surface area contributed by atoms with Gasteiger partial charge in [-0.1, -0.05) is 23.7 Å². The first kappa shape index (κ1) is 13.0. The molecule has 3 rings (SSSR count). The van der Waals surface area contributed by atoms with Crippen LogP contribution >= 0.6 is 22.9 Å². The maximum Gasteiger partial charge on any atom is 0.158 e. The number of nitrogens with zero attached hydrogens (tertiary/aromatic N) is 1. The zero-order chi connectivity index (χ0) is 14.1. The van der Waals surface area contributed by atoms with Crippen molar-refractivity contribution in [2.24, 2.45) is 0 Å². The lowest BCUT2D eigenvalue weighted by atomic mass is 10.2. The van der Waals surface area contributed by atoms with Crippen molar-refractivity contribution >= 4 is 22.9 Å². The topological polar surface area (TPSA) is 53.4 Å². The van der Waals surface area contributed by atoms with Gasteiger partial charge in [0, 0.05) is 21.5 Å². The molecule has 0 aliphatic carbocycles. The summed E-state index contributed by atoms with van der Waals surface area (Å²) in [5, 5.41) is 22.2.